The Kier molecular flexibility index (Phi) is 12.8. The number of carbonyl (C=O) groups is 2. The number of carbonyl (C=O) groups excluding carboxylic acids is 1. The molecular formula is C27H44N2O5. The van der Waals surface area contributed by atoms with Gasteiger partial charge < -0.3 is 24.8 Å². The molecule has 0 aliphatic heterocycles. The molecule has 1 atom stereocenters. The maximum atomic E-state index is 12.7. The molecule has 1 saturated carbocycles. The van der Waals surface area contributed by atoms with Crippen LogP contribution in [0.25, 0.3) is 0 Å². The molecule has 34 heavy (non-hydrogen) atoms. The van der Waals surface area contributed by atoms with E-state index in [1.165, 1.54) is 38.5 Å². The van der Waals surface area contributed by atoms with E-state index in [4.69, 9.17) is 9.47 Å². The lowest BCUT2D eigenvalue weighted by Gasteiger charge is -2.26. The molecule has 7 nitrogen and oxygen atoms in total. The second-order valence-corrected chi connectivity index (χ2v) is 9.69. The first kappa shape index (κ1) is 28.0. The van der Waals surface area contributed by atoms with Gasteiger partial charge in [0, 0.05) is 26.1 Å². The van der Waals surface area contributed by atoms with Crippen LogP contribution in [0.1, 0.15) is 71.3 Å². The van der Waals surface area contributed by atoms with E-state index in [1.54, 1.807) is 6.92 Å². The number of rotatable bonds is 15. The van der Waals surface area contributed by atoms with E-state index in [9.17, 15) is 14.7 Å². The number of hydrogen-bond donors (Lipinski definition) is 2. The van der Waals surface area contributed by atoms with Crippen molar-refractivity contribution in [2.45, 2.75) is 78.2 Å². The van der Waals surface area contributed by atoms with E-state index in [0.717, 1.165) is 24.4 Å². The van der Waals surface area contributed by atoms with Crippen LogP contribution in [0.2, 0.25) is 0 Å². The van der Waals surface area contributed by atoms with Crippen LogP contribution in [-0.2, 0) is 16.0 Å². The van der Waals surface area contributed by atoms with Crippen LogP contribution in [0, 0.1) is 11.8 Å². The molecule has 2 rings (SSSR count). The van der Waals surface area contributed by atoms with Crippen LogP contribution in [0.3, 0.4) is 0 Å². The van der Waals surface area contributed by atoms with E-state index >= 15 is 0 Å². The van der Waals surface area contributed by atoms with Gasteiger partial charge in [0.2, 0.25) is 0 Å². The van der Waals surface area contributed by atoms with Gasteiger partial charge in [-0.1, -0.05) is 58.1 Å². The molecular weight excluding hydrogens is 432 g/mol. The predicted molar refractivity (Wildman–Crippen MR) is 134 cm³/mol. The lowest BCUT2D eigenvalue weighted by molar-refractivity contribution is -0.149. The number of nitrogens with zero attached hydrogens (tertiary/aromatic N) is 1. The topological polar surface area (TPSA) is 88.1 Å². The first-order valence-corrected chi connectivity index (χ1v) is 13.0. The summed E-state index contributed by atoms with van der Waals surface area (Å²) in [6, 6.07) is 7.38. The summed E-state index contributed by atoms with van der Waals surface area (Å²) in [4.78, 5) is 25.9. The summed E-state index contributed by atoms with van der Waals surface area (Å²) in [5.41, 5.74) is 0.880. The van der Waals surface area contributed by atoms with E-state index in [1.807, 2.05) is 29.2 Å². The Morgan fingerprint density at radius 2 is 1.82 bits per heavy atom. The van der Waals surface area contributed by atoms with Crippen LogP contribution in [0.4, 0.5) is 4.79 Å². The molecule has 0 bridgehead atoms. The normalized spacial score (nSPS) is 15.2. The van der Waals surface area contributed by atoms with E-state index in [-0.39, 0.29) is 6.03 Å². The number of carboxylic acid groups (broad SMARTS) is 1. The Labute approximate surface area is 205 Å². The summed E-state index contributed by atoms with van der Waals surface area (Å²) in [7, 11) is 0. The Morgan fingerprint density at radius 3 is 2.44 bits per heavy atom. The molecule has 7 heteroatoms. The van der Waals surface area contributed by atoms with Crippen molar-refractivity contribution in [3.63, 3.8) is 0 Å². The third-order valence-electron chi connectivity index (χ3n) is 6.33. The summed E-state index contributed by atoms with van der Waals surface area (Å²) >= 11 is 0. The Bertz CT molecular complexity index is 716. The Balaban J connectivity index is 1.82. The number of hydrogen-bond acceptors (Lipinski definition) is 4. The molecule has 192 valence electrons. The van der Waals surface area contributed by atoms with Gasteiger partial charge in [0.15, 0.2) is 6.10 Å². The summed E-state index contributed by atoms with van der Waals surface area (Å²) < 4.78 is 11.2. The molecule has 1 fully saturated rings. The maximum absolute atomic E-state index is 12.7. The van der Waals surface area contributed by atoms with Gasteiger partial charge in [0.25, 0.3) is 0 Å². The largest absolute Gasteiger partial charge is 0.492 e. The minimum Gasteiger partial charge on any atom is -0.492 e. The number of aliphatic carboxylic acids is 1. The van der Waals surface area contributed by atoms with E-state index in [0.29, 0.717) is 44.4 Å². The number of ether oxygens (including phenoxy) is 2. The van der Waals surface area contributed by atoms with Crippen LogP contribution in [0.15, 0.2) is 24.3 Å². The first-order chi connectivity index (χ1) is 16.4. The second-order valence-electron chi connectivity index (χ2n) is 9.69. The van der Waals surface area contributed by atoms with Crippen molar-refractivity contribution in [2.75, 3.05) is 32.8 Å². The zero-order valence-corrected chi connectivity index (χ0v) is 21.3. The van der Waals surface area contributed by atoms with Gasteiger partial charge in [-0.15, -0.1) is 0 Å². The molecule has 1 aliphatic rings. The molecule has 0 radical (unpaired) electrons. The predicted octanol–water partition coefficient (Wildman–Crippen LogP) is 5.13. The molecule has 1 aromatic carbocycles. The van der Waals surface area contributed by atoms with Gasteiger partial charge in [-0.05, 0) is 49.3 Å². The minimum atomic E-state index is -0.957. The Hall–Kier alpha value is -2.28. The van der Waals surface area contributed by atoms with Gasteiger partial charge in [-0.25, -0.2) is 9.59 Å². The average molecular weight is 477 g/mol. The van der Waals surface area contributed by atoms with Crippen molar-refractivity contribution in [2.24, 2.45) is 11.8 Å². The Morgan fingerprint density at radius 1 is 1.12 bits per heavy atom. The molecule has 0 aromatic heterocycles. The van der Waals surface area contributed by atoms with Gasteiger partial charge in [0.05, 0.1) is 6.54 Å². The van der Waals surface area contributed by atoms with Crippen molar-refractivity contribution in [3.8, 4) is 5.75 Å². The number of carboxylic acids is 1. The standard InChI is InChI=1S/C27H44N2O5/c1-4-33-25(26(30)31)19-23-12-14-24(15-13-23)34-18-17-29(27(32)28-20-21(2)3)16-8-11-22-9-6-5-7-10-22/h12-15,21-22,25H,4-11,16-20H2,1-3H3,(H,28,32)(H,30,31). The first-order valence-electron chi connectivity index (χ1n) is 13.0. The third kappa shape index (κ3) is 10.8. The molecule has 1 aliphatic carbocycles. The third-order valence-corrected chi connectivity index (χ3v) is 6.33. The fraction of sp³-hybridized carbons (Fsp3) is 0.704. The minimum absolute atomic E-state index is 0.0214. The van der Waals surface area contributed by atoms with Crippen LogP contribution in [-0.4, -0.2) is 61.0 Å². The summed E-state index contributed by atoms with van der Waals surface area (Å²) in [6.07, 6.45) is 8.40. The number of urea groups is 1. The highest BCUT2D eigenvalue weighted by Gasteiger charge is 2.19. The maximum Gasteiger partial charge on any atom is 0.333 e. The SMILES string of the molecule is CCOC(Cc1ccc(OCCN(CCCC2CCCCC2)C(=O)NCC(C)C)cc1)C(=O)O. The molecule has 2 N–H and O–H groups in total. The van der Waals surface area contributed by atoms with Crippen molar-refractivity contribution >= 4 is 12.0 Å². The second kappa shape index (κ2) is 15.6. The quantitative estimate of drug-likeness (QED) is 0.367. The van der Waals surface area contributed by atoms with Crippen molar-refractivity contribution in [1.82, 2.24) is 10.2 Å². The molecule has 0 spiro atoms. The summed E-state index contributed by atoms with van der Waals surface area (Å²) in [5.74, 6) is 0.970. The smallest absolute Gasteiger partial charge is 0.333 e. The van der Waals surface area contributed by atoms with Crippen molar-refractivity contribution < 1.29 is 24.2 Å². The summed E-state index contributed by atoms with van der Waals surface area (Å²) in [5, 5.41) is 12.3. The number of benzene rings is 1. The molecule has 1 aromatic rings. The van der Waals surface area contributed by atoms with Gasteiger partial charge in [-0.2, -0.15) is 0 Å². The lowest BCUT2D eigenvalue weighted by Crippen LogP contribution is -2.43. The van der Waals surface area contributed by atoms with Gasteiger partial charge in [0.1, 0.15) is 12.4 Å². The van der Waals surface area contributed by atoms with Crippen LogP contribution >= 0.6 is 0 Å². The molecule has 2 amide bonds. The fourth-order valence-corrected chi connectivity index (χ4v) is 4.39. The fourth-order valence-electron chi connectivity index (χ4n) is 4.39. The van der Waals surface area contributed by atoms with Crippen molar-refractivity contribution in [3.05, 3.63) is 29.8 Å². The molecule has 0 saturated heterocycles. The van der Waals surface area contributed by atoms with Crippen LogP contribution in [0.5, 0.6) is 5.75 Å². The average Bonchev–Trinajstić information content (AvgIpc) is 2.83. The highest BCUT2D eigenvalue weighted by molar-refractivity contribution is 5.74. The lowest BCUT2D eigenvalue weighted by atomic mass is 9.86. The summed E-state index contributed by atoms with van der Waals surface area (Å²) in [6.45, 7) is 8.68. The zero-order valence-electron chi connectivity index (χ0n) is 21.3. The zero-order chi connectivity index (χ0) is 24.8. The molecule has 1 unspecified atom stereocenters. The number of nitrogens with one attached hydrogen (secondary N) is 1. The van der Waals surface area contributed by atoms with E-state index in [2.05, 4.69) is 19.2 Å². The van der Waals surface area contributed by atoms with Crippen LogP contribution < -0.4 is 10.1 Å². The monoisotopic (exact) mass is 476 g/mol. The number of amides is 2. The van der Waals surface area contributed by atoms with Gasteiger partial charge in [-0.3, -0.25) is 0 Å². The molecule has 0 heterocycles. The van der Waals surface area contributed by atoms with Gasteiger partial charge >= 0.3 is 12.0 Å². The van der Waals surface area contributed by atoms with Crippen molar-refractivity contribution in [1.29, 1.82) is 0 Å². The highest BCUT2D eigenvalue weighted by atomic mass is 16.5. The highest BCUT2D eigenvalue weighted by Crippen LogP contribution is 2.27. The van der Waals surface area contributed by atoms with E-state index < -0.39 is 12.1 Å².